The van der Waals surface area contributed by atoms with Gasteiger partial charge in [0.25, 0.3) is 0 Å². The second kappa shape index (κ2) is 5.18. The molecule has 0 heterocycles. The fourth-order valence-electron chi connectivity index (χ4n) is 1.91. The van der Waals surface area contributed by atoms with Gasteiger partial charge in [0.1, 0.15) is 22.9 Å². The van der Waals surface area contributed by atoms with Crippen molar-refractivity contribution in [3.63, 3.8) is 0 Å². The third-order valence-corrected chi connectivity index (χ3v) is 2.86. The largest absolute Gasteiger partial charge is 0.496 e. The summed E-state index contributed by atoms with van der Waals surface area (Å²) in [5.41, 5.74) is 0.569. The van der Waals surface area contributed by atoms with Crippen molar-refractivity contribution in [1.29, 1.82) is 0 Å². The Bertz CT molecular complexity index is 636. The topological polar surface area (TPSA) is 26.3 Å². The van der Waals surface area contributed by atoms with Gasteiger partial charge < -0.3 is 4.74 Å². The lowest BCUT2D eigenvalue weighted by Gasteiger charge is -2.10. The van der Waals surface area contributed by atoms with Crippen LogP contribution in [0.2, 0.25) is 0 Å². The van der Waals surface area contributed by atoms with Crippen molar-refractivity contribution < 1.29 is 18.3 Å². The number of hydrogen-bond acceptors (Lipinski definition) is 2. The molecule has 2 aromatic rings. The molecule has 0 unspecified atom stereocenters. The molecule has 0 saturated heterocycles. The van der Waals surface area contributed by atoms with Crippen LogP contribution in [0.1, 0.15) is 21.5 Å². The number of halogens is 2. The van der Waals surface area contributed by atoms with Gasteiger partial charge in [-0.2, -0.15) is 0 Å². The van der Waals surface area contributed by atoms with Crippen LogP contribution in [0.4, 0.5) is 8.78 Å². The molecule has 0 amide bonds. The lowest BCUT2D eigenvalue weighted by molar-refractivity contribution is 0.103. The van der Waals surface area contributed by atoms with Gasteiger partial charge in [-0.05, 0) is 42.8 Å². The summed E-state index contributed by atoms with van der Waals surface area (Å²) in [7, 11) is 1.36. The van der Waals surface area contributed by atoms with Crippen molar-refractivity contribution in [1.82, 2.24) is 0 Å². The normalized spacial score (nSPS) is 10.3. The minimum atomic E-state index is -0.659. The van der Waals surface area contributed by atoms with Gasteiger partial charge in [-0.1, -0.05) is 6.07 Å². The van der Waals surface area contributed by atoms with Gasteiger partial charge in [0.2, 0.25) is 0 Å². The highest BCUT2D eigenvalue weighted by atomic mass is 19.1. The maximum Gasteiger partial charge on any atom is 0.199 e. The SMILES string of the molecule is COc1cccc(F)c1C(=O)c1ccc(F)cc1C. The van der Waals surface area contributed by atoms with Crippen LogP contribution in [0.5, 0.6) is 5.75 Å². The molecule has 0 aliphatic heterocycles. The molecule has 98 valence electrons. The summed E-state index contributed by atoms with van der Waals surface area (Å²) in [6.45, 7) is 1.60. The van der Waals surface area contributed by atoms with Gasteiger partial charge in [-0.25, -0.2) is 8.78 Å². The number of carbonyl (C=O) groups is 1. The zero-order valence-electron chi connectivity index (χ0n) is 10.5. The number of carbonyl (C=O) groups excluding carboxylic acids is 1. The highest BCUT2D eigenvalue weighted by Crippen LogP contribution is 2.25. The highest BCUT2D eigenvalue weighted by Gasteiger charge is 2.20. The summed E-state index contributed by atoms with van der Waals surface area (Å²) >= 11 is 0. The van der Waals surface area contributed by atoms with E-state index in [1.807, 2.05) is 0 Å². The smallest absolute Gasteiger partial charge is 0.199 e. The molecule has 2 nitrogen and oxygen atoms in total. The third-order valence-electron chi connectivity index (χ3n) is 2.86. The summed E-state index contributed by atoms with van der Waals surface area (Å²) < 4.78 is 31.8. The highest BCUT2D eigenvalue weighted by molar-refractivity contribution is 6.11. The molecule has 2 aromatic carbocycles. The van der Waals surface area contributed by atoms with Gasteiger partial charge in [0, 0.05) is 5.56 Å². The maximum atomic E-state index is 13.8. The quantitative estimate of drug-likeness (QED) is 0.791. The lowest BCUT2D eigenvalue weighted by atomic mass is 9.98. The van der Waals surface area contributed by atoms with Crippen molar-refractivity contribution in [3.8, 4) is 5.75 Å². The minimum absolute atomic E-state index is 0.139. The first-order valence-electron chi connectivity index (χ1n) is 5.68. The zero-order valence-corrected chi connectivity index (χ0v) is 10.5. The van der Waals surface area contributed by atoms with Crippen LogP contribution in [-0.2, 0) is 0 Å². The number of aryl methyl sites for hydroxylation is 1. The van der Waals surface area contributed by atoms with Crippen molar-refractivity contribution in [3.05, 3.63) is 64.7 Å². The summed E-state index contributed by atoms with van der Waals surface area (Å²) in [4.78, 5) is 12.3. The molecule has 0 atom stereocenters. The van der Waals surface area contributed by atoms with E-state index in [1.54, 1.807) is 6.92 Å². The molecule has 0 aliphatic rings. The molecule has 0 N–H and O–H groups in total. The Morgan fingerprint density at radius 3 is 2.53 bits per heavy atom. The van der Waals surface area contributed by atoms with Gasteiger partial charge >= 0.3 is 0 Å². The first-order chi connectivity index (χ1) is 9.04. The monoisotopic (exact) mass is 262 g/mol. The summed E-state index contributed by atoms with van der Waals surface area (Å²) in [6.07, 6.45) is 0. The van der Waals surface area contributed by atoms with Crippen LogP contribution in [0.25, 0.3) is 0 Å². The second-order valence-corrected chi connectivity index (χ2v) is 4.11. The number of benzene rings is 2. The van der Waals surface area contributed by atoms with Crippen LogP contribution in [0.15, 0.2) is 36.4 Å². The van der Waals surface area contributed by atoms with Gasteiger partial charge in [0.15, 0.2) is 5.78 Å². The average molecular weight is 262 g/mol. The molecule has 2 rings (SSSR count). The first-order valence-corrected chi connectivity index (χ1v) is 5.68. The van der Waals surface area contributed by atoms with Gasteiger partial charge in [0.05, 0.1) is 7.11 Å². The lowest BCUT2D eigenvalue weighted by Crippen LogP contribution is -2.08. The average Bonchev–Trinajstić information content (AvgIpc) is 2.37. The van der Waals surface area contributed by atoms with Crippen molar-refractivity contribution in [2.24, 2.45) is 0 Å². The Balaban J connectivity index is 2.56. The predicted octanol–water partition coefficient (Wildman–Crippen LogP) is 3.51. The van der Waals surface area contributed by atoms with Crippen LogP contribution in [0, 0.1) is 18.6 Å². The van der Waals surface area contributed by atoms with Crippen LogP contribution in [0.3, 0.4) is 0 Å². The van der Waals surface area contributed by atoms with E-state index in [4.69, 9.17) is 4.74 Å². The Hall–Kier alpha value is -2.23. The molecular formula is C15H12F2O2. The summed E-state index contributed by atoms with van der Waals surface area (Å²) in [6, 6.07) is 7.92. The Morgan fingerprint density at radius 1 is 1.16 bits per heavy atom. The van der Waals surface area contributed by atoms with Crippen molar-refractivity contribution in [2.75, 3.05) is 7.11 Å². The second-order valence-electron chi connectivity index (χ2n) is 4.11. The Kier molecular flexibility index (Phi) is 3.60. The summed E-state index contributed by atoms with van der Waals surface area (Å²) in [5.74, 6) is -1.45. The Labute approximate surface area is 109 Å². The summed E-state index contributed by atoms with van der Waals surface area (Å²) in [5, 5.41) is 0. The van der Waals surface area contributed by atoms with Gasteiger partial charge in [-0.3, -0.25) is 4.79 Å². The van der Waals surface area contributed by atoms with Crippen LogP contribution < -0.4 is 4.74 Å². The first kappa shape index (κ1) is 13.2. The molecule has 0 aliphatic carbocycles. The fourth-order valence-corrected chi connectivity index (χ4v) is 1.91. The predicted molar refractivity (Wildman–Crippen MR) is 67.5 cm³/mol. The van der Waals surface area contributed by atoms with E-state index < -0.39 is 17.4 Å². The standard InChI is InChI=1S/C15H12F2O2/c1-9-8-10(16)6-7-11(9)15(18)14-12(17)4-3-5-13(14)19-2/h3-8H,1-2H3. The molecule has 0 saturated carbocycles. The molecular weight excluding hydrogens is 250 g/mol. The van der Waals surface area contributed by atoms with Crippen molar-refractivity contribution >= 4 is 5.78 Å². The zero-order chi connectivity index (χ0) is 14.0. The van der Waals surface area contributed by atoms with E-state index in [9.17, 15) is 13.6 Å². The van der Waals surface area contributed by atoms with E-state index >= 15 is 0 Å². The van der Waals surface area contributed by atoms with E-state index in [0.717, 1.165) is 0 Å². The molecule has 0 radical (unpaired) electrons. The third kappa shape index (κ3) is 2.47. The van der Waals surface area contributed by atoms with E-state index in [1.165, 1.54) is 43.5 Å². The van der Waals surface area contributed by atoms with Gasteiger partial charge in [-0.15, -0.1) is 0 Å². The number of rotatable bonds is 3. The molecule has 0 fully saturated rings. The molecule has 0 spiro atoms. The molecule has 0 aromatic heterocycles. The van der Waals surface area contributed by atoms with Crippen LogP contribution >= 0.6 is 0 Å². The van der Waals surface area contributed by atoms with E-state index in [2.05, 4.69) is 0 Å². The number of hydrogen-bond donors (Lipinski definition) is 0. The number of ketones is 1. The van der Waals surface area contributed by atoms with E-state index in [0.29, 0.717) is 5.56 Å². The maximum absolute atomic E-state index is 13.8. The van der Waals surface area contributed by atoms with E-state index in [-0.39, 0.29) is 16.9 Å². The molecule has 19 heavy (non-hydrogen) atoms. The molecule has 4 heteroatoms. The molecule has 0 bridgehead atoms. The minimum Gasteiger partial charge on any atom is -0.496 e. The number of ether oxygens (including phenoxy) is 1. The number of methoxy groups -OCH3 is 1. The fraction of sp³-hybridized carbons (Fsp3) is 0.133. The van der Waals surface area contributed by atoms with Crippen molar-refractivity contribution in [2.45, 2.75) is 6.92 Å². The Morgan fingerprint density at radius 2 is 1.89 bits per heavy atom. The van der Waals surface area contributed by atoms with Crippen LogP contribution in [-0.4, -0.2) is 12.9 Å².